The van der Waals surface area contributed by atoms with Crippen LogP contribution >= 0.6 is 23.5 Å². The third kappa shape index (κ3) is 4.55. The maximum absolute atomic E-state index is 13.9. The SMILES string of the molecule is O=C(c1ccc(F)cc1)C1([C@@H](/C=C/c2ccccc2)c2ccccc2)SCCCS1. The molecule has 30 heavy (non-hydrogen) atoms. The van der Waals surface area contributed by atoms with Gasteiger partial charge in [-0.15, -0.1) is 23.5 Å². The highest BCUT2D eigenvalue weighted by Crippen LogP contribution is 2.54. The fraction of sp³-hybridized carbons (Fsp3) is 0.192. The number of carbonyl (C=O) groups is 1. The molecule has 152 valence electrons. The van der Waals surface area contributed by atoms with Crippen LogP contribution in [0, 0.1) is 5.82 Å². The predicted octanol–water partition coefficient (Wildman–Crippen LogP) is 7.07. The Hall–Kier alpha value is -2.30. The van der Waals surface area contributed by atoms with E-state index in [1.807, 2.05) is 36.4 Å². The van der Waals surface area contributed by atoms with E-state index in [0.717, 1.165) is 29.1 Å². The van der Waals surface area contributed by atoms with Crippen molar-refractivity contribution < 1.29 is 9.18 Å². The van der Waals surface area contributed by atoms with Gasteiger partial charge in [0.1, 0.15) is 9.90 Å². The number of allylic oxidation sites excluding steroid dienone is 1. The van der Waals surface area contributed by atoms with Gasteiger partial charge in [-0.25, -0.2) is 4.39 Å². The molecule has 0 aliphatic carbocycles. The minimum absolute atomic E-state index is 0.0590. The number of hydrogen-bond donors (Lipinski definition) is 0. The number of halogens is 1. The Balaban J connectivity index is 1.80. The Morgan fingerprint density at radius 1 is 0.867 bits per heavy atom. The van der Waals surface area contributed by atoms with Gasteiger partial charge < -0.3 is 0 Å². The van der Waals surface area contributed by atoms with Gasteiger partial charge in [-0.2, -0.15) is 0 Å². The second-order valence-corrected chi connectivity index (χ2v) is 10.2. The van der Waals surface area contributed by atoms with Crippen LogP contribution in [-0.4, -0.2) is 21.4 Å². The lowest BCUT2D eigenvalue weighted by Gasteiger charge is -2.40. The molecule has 1 heterocycles. The topological polar surface area (TPSA) is 17.1 Å². The van der Waals surface area contributed by atoms with Crippen LogP contribution in [0.1, 0.15) is 33.8 Å². The molecule has 1 saturated heterocycles. The molecule has 0 aromatic heterocycles. The number of hydrogen-bond acceptors (Lipinski definition) is 3. The molecule has 0 radical (unpaired) electrons. The summed E-state index contributed by atoms with van der Waals surface area (Å²) in [6, 6.07) is 26.3. The van der Waals surface area contributed by atoms with Gasteiger partial charge in [-0.3, -0.25) is 4.79 Å². The van der Waals surface area contributed by atoms with Crippen molar-refractivity contribution in [2.24, 2.45) is 0 Å². The summed E-state index contributed by atoms with van der Waals surface area (Å²) in [5.74, 6) is 1.49. The number of Topliss-reactive ketones (excluding diaryl/α,β-unsaturated/α-hetero) is 1. The third-order valence-electron chi connectivity index (χ3n) is 5.19. The Kier molecular flexibility index (Phi) is 6.76. The lowest BCUT2D eigenvalue weighted by Crippen LogP contribution is -2.40. The maximum atomic E-state index is 13.9. The van der Waals surface area contributed by atoms with Gasteiger partial charge in [0.2, 0.25) is 0 Å². The normalized spacial score (nSPS) is 17.0. The fourth-order valence-electron chi connectivity index (χ4n) is 3.69. The quantitative estimate of drug-likeness (QED) is 0.386. The van der Waals surface area contributed by atoms with Gasteiger partial charge in [0.25, 0.3) is 0 Å². The van der Waals surface area contributed by atoms with Crippen LogP contribution in [0.15, 0.2) is 91.0 Å². The van der Waals surface area contributed by atoms with E-state index in [1.165, 1.54) is 12.1 Å². The molecule has 1 nitrogen and oxygen atoms in total. The summed E-state index contributed by atoms with van der Waals surface area (Å²) in [4.78, 5) is 13.9. The molecule has 1 aliphatic heterocycles. The third-order valence-corrected chi connectivity index (χ3v) is 8.62. The minimum atomic E-state index is -0.678. The van der Waals surface area contributed by atoms with Crippen molar-refractivity contribution in [2.75, 3.05) is 11.5 Å². The zero-order chi connectivity index (χ0) is 20.8. The van der Waals surface area contributed by atoms with Crippen LogP contribution in [0.25, 0.3) is 6.08 Å². The van der Waals surface area contributed by atoms with Gasteiger partial charge in [0.15, 0.2) is 5.78 Å². The van der Waals surface area contributed by atoms with Crippen LogP contribution in [0.2, 0.25) is 0 Å². The first-order valence-electron chi connectivity index (χ1n) is 10.1. The smallest absolute Gasteiger partial charge is 0.189 e. The van der Waals surface area contributed by atoms with Crippen LogP contribution in [-0.2, 0) is 0 Å². The van der Waals surface area contributed by atoms with E-state index >= 15 is 0 Å². The summed E-state index contributed by atoms with van der Waals surface area (Å²) in [5.41, 5.74) is 2.78. The van der Waals surface area contributed by atoms with Crippen molar-refractivity contribution in [1.29, 1.82) is 0 Å². The van der Waals surface area contributed by atoms with Crippen molar-refractivity contribution in [3.8, 4) is 0 Å². The molecule has 0 N–H and O–H groups in total. The van der Waals surface area contributed by atoms with Crippen LogP contribution in [0.3, 0.4) is 0 Å². The molecule has 1 fully saturated rings. The van der Waals surface area contributed by atoms with Gasteiger partial charge in [0, 0.05) is 11.5 Å². The lowest BCUT2D eigenvalue weighted by atomic mass is 9.89. The van der Waals surface area contributed by atoms with Crippen LogP contribution in [0.5, 0.6) is 0 Å². The van der Waals surface area contributed by atoms with Crippen molar-refractivity contribution in [3.63, 3.8) is 0 Å². The highest BCUT2D eigenvalue weighted by atomic mass is 32.2. The van der Waals surface area contributed by atoms with Gasteiger partial charge in [0.05, 0.1) is 0 Å². The molecule has 4 rings (SSSR count). The van der Waals surface area contributed by atoms with Crippen molar-refractivity contribution in [2.45, 2.75) is 16.4 Å². The Labute approximate surface area is 185 Å². The highest BCUT2D eigenvalue weighted by Gasteiger charge is 2.47. The average molecular weight is 435 g/mol. The number of thioether (sulfide) groups is 2. The second kappa shape index (κ2) is 9.67. The maximum Gasteiger partial charge on any atom is 0.189 e. The Bertz CT molecular complexity index is 994. The summed E-state index contributed by atoms with van der Waals surface area (Å²) in [7, 11) is 0. The first-order valence-corrected chi connectivity index (χ1v) is 12.0. The zero-order valence-corrected chi connectivity index (χ0v) is 18.2. The molecule has 0 saturated carbocycles. The van der Waals surface area contributed by atoms with Crippen molar-refractivity contribution >= 4 is 35.4 Å². The summed E-state index contributed by atoms with van der Waals surface area (Å²) in [6.45, 7) is 0. The zero-order valence-electron chi connectivity index (χ0n) is 16.5. The molecule has 4 heteroatoms. The van der Waals surface area contributed by atoms with Gasteiger partial charge in [-0.1, -0.05) is 72.8 Å². The van der Waals surface area contributed by atoms with E-state index in [9.17, 15) is 9.18 Å². The van der Waals surface area contributed by atoms with E-state index < -0.39 is 4.08 Å². The second-order valence-electron chi connectivity index (χ2n) is 7.21. The summed E-state index contributed by atoms with van der Waals surface area (Å²) >= 11 is 3.45. The molecule has 0 amide bonds. The molecule has 0 bridgehead atoms. The molecule has 1 aliphatic rings. The molecule has 0 unspecified atom stereocenters. The Morgan fingerprint density at radius 2 is 1.47 bits per heavy atom. The van der Waals surface area contributed by atoms with Crippen molar-refractivity contribution in [3.05, 3.63) is 114 Å². The number of benzene rings is 3. The first-order chi connectivity index (χ1) is 14.7. The van der Waals surface area contributed by atoms with Crippen molar-refractivity contribution in [1.82, 2.24) is 0 Å². The monoisotopic (exact) mass is 434 g/mol. The molecule has 0 spiro atoms. The Morgan fingerprint density at radius 3 is 2.10 bits per heavy atom. The minimum Gasteiger partial charge on any atom is -0.292 e. The number of carbonyl (C=O) groups excluding carboxylic acids is 1. The van der Waals surface area contributed by atoms with E-state index in [1.54, 1.807) is 35.7 Å². The standard InChI is InChI=1S/C26H23FOS2/c27-23-15-13-22(14-16-23)25(28)26(29-18-7-19-30-26)24(21-10-5-2-6-11-21)17-12-20-8-3-1-4-9-20/h1-6,8-17,24H,7,18-19H2/b17-12+/t24-/m0/s1. The molecular weight excluding hydrogens is 411 g/mol. The van der Waals surface area contributed by atoms with Gasteiger partial charge >= 0.3 is 0 Å². The highest BCUT2D eigenvalue weighted by molar-refractivity contribution is 8.20. The van der Waals surface area contributed by atoms with Crippen LogP contribution in [0.4, 0.5) is 4.39 Å². The average Bonchev–Trinajstić information content (AvgIpc) is 2.81. The van der Waals surface area contributed by atoms with E-state index in [4.69, 9.17) is 0 Å². The predicted molar refractivity (Wildman–Crippen MR) is 128 cm³/mol. The first kappa shape index (κ1) is 21.0. The molecule has 3 aromatic carbocycles. The summed E-state index contributed by atoms with van der Waals surface area (Å²) < 4.78 is 12.8. The van der Waals surface area contributed by atoms with E-state index in [2.05, 4.69) is 36.4 Å². The molecule has 1 atom stereocenters. The molecular formula is C26H23FOS2. The largest absolute Gasteiger partial charge is 0.292 e. The van der Waals surface area contributed by atoms with E-state index in [0.29, 0.717) is 5.56 Å². The molecule has 3 aromatic rings. The summed E-state index contributed by atoms with van der Waals surface area (Å²) in [5, 5.41) is 0. The number of ketones is 1. The lowest BCUT2D eigenvalue weighted by molar-refractivity contribution is 0.0973. The summed E-state index contributed by atoms with van der Waals surface area (Å²) in [6.07, 6.45) is 5.35. The fourth-order valence-corrected chi connectivity index (χ4v) is 7.18. The number of rotatable bonds is 6. The van der Waals surface area contributed by atoms with Crippen LogP contribution < -0.4 is 0 Å². The van der Waals surface area contributed by atoms with E-state index in [-0.39, 0.29) is 17.5 Å². The van der Waals surface area contributed by atoms with Gasteiger partial charge in [-0.05, 0) is 53.3 Å².